The topological polar surface area (TPSA) is 77.6 Å². The van der Waals surface area contributed by atoms with Crippen molar-refractivity contribution in [3.63, 3.8) is 0 Å². The number of fused-ring (bicyclic) bond motifs is 1. The molecule has 0 saturated carbocycles. The lowest BCUT2D eigenvalue weighted by atomic mass is 10.1. The van der Waals surface area contributed by atoms with E-state index in [4.69, 9.17) is 19.3 Å². The monoisotopic (exact) mass is 466 g/mol. The van der Waals surface area contributed by atoms with E-state index in [9.17, 15) is 4.79 Å². The van der Waals surface area contributed by atoms with E-state index in [0.717, 1.165) is 22.5 Å². The van der Waals surface area contributed by atoms with Gasteiger partial charge in [0.1, 0.15) is 0 Å². The number of aromatic nitrogens is 1. The number of rotatable bonds is 7. The number of hydrogen-bond acceptors (Lipinski definition) is 7. The van der Waals surface area contributed by atoms with Gasteiger partial charge in [-0.1, -0.05) is 18.2 Å². The Balaban J connectivity index is 1.95. The zero-order chi connectivity index (χ0) is 23.5. The van der Waals surface area contributed by atoms with Crippen LogP contribution >= 0.6 is 11.3 Å². The van der Waals surface area contributed by atoms with Crippen LogP contribution in [-0.2, 0) is 4.79 Å². The number of nitrogens with zero attached hydrogens (tertiary/aromatic N) is 4. The van der Waals surface area contributed by atoms with Crippen LogP contribution in [0, 0.1) is 0 Å². The van der Waals surface area contributed by atoms with Crippen LogP contribution in [0.5, 0.6) is 17.2 Å². The van der Waals surface area contributed by atoms with Crippen LogP contribution in [0.25, 0.3) is 11.3 Å². The van der Waals surface area contributed by atoms with Crippen molar-refractivity contribution in [2.75, 3.05) is 39.3 Å². The molecule has 0 fully saturated rings. The summed E-state index contributed by atoms with van der Waals surface area (Å²) >= 11 is 1.46. The predicted molar refractivity (Wildman–Crippen MR) is 130 cm³/mol. The van der Waals surface area contributed by atoms with Gasteiger partial charge in [-0.3, -0.25) is 9.79 Å². The number of para-hydroxylation sites is 1. The molecule has 0 radical (unpaired) electrons. The van der Waals surface area contributed by atoms with Gasteiger partial charge in [-0.05, 0) is 32.0 Å². The van der Waals surface area contributed by atoms with Crippen LogP contribution in [0.2, 0.25) is 0 Å². The third-order valence-corrected chi connectivity index (χ3v) is 6.21. The molecular formula is C24H26N4O4S. The Hall–Kier alpha value is -3.59. The van der Waals surface area contributed by atoms with Gasteiger partial charge in [0.2, 0.25) is 10.6 Å². The Morgan fingerprint density at radius 3 is 2.30 bits per heavy atom. The third-order valence-electron chi connectivity index (χ3n) is 5.35. The number of methoxy groups -OCH3 is 3. The van der Waals surface area contributed by atoms with E-state index >= 15 is 0 Å². The van der Waals surface area contributed by atoms with Crippen LogP contribution in [0.15, 0.2) is 51.9 Å². The number of carbonyl (C=O) groups is 1. The molecule has 3 aromatic rings. The average molecular weight is 467 g/mol. The summed E-state index contributed by atoms with van der Waals surface area (Å²) < 4.78 is 18.2. The van der Waals surface area contributed by atoms with Crippen molar-refractivity contribution in [1.29, 1.82) is 0 Å². The number of carbonyl (C=O) groups excluding carboxylic acids is 1. The Labute approximate surface area is 196 Å². The van der Waals surface area contributed by atoms with E-state index in [1.165, 1.54) is 11.3 Å². The summed E-state index contributed by atoms with van der Waals surface area (Å²) in [5.41, 5.74) is 3.62. The minimum atomic E-state index is -0.129. The Bertz CT molecular complexity index is 1270. The van der Waals surface area contributed by atoms with Gasteiger partial charge in [0.05, 0.1) is 32.7 Å². The number of benzene rings is 2. The van der Waals surface area contributed by atoms with Crippen LogP contribution in [0.4, 0.5) is 5.69 Å². The highest BCUT2D eigenvalue weighted by atomic mass is 32.1. The number of anilines is 1. The molecule has 0 bridgehead atoms. The lowest BCUT2D eigenvalue weighted by Crippen LogP contribution is -2.30. The number of thiazole rings is 1. The van der Waals surface area contributed by atoms with Crippen molar-refractivity contribution < 1.29 is 19.0 Å². The zero-order valence-electron chi connectivity index (χ0n) is 19.3. The highest BCUT2D eigenvalue weighted by Gasteiger charge is 2.33. The summed E-state index contributed by atoms with van der Waals surface area (Å²) in [7, 11) is 4.72. The molecular weight excluding hydrogens is 440 g/mol. The molecule has 1 aromatic heterocycles. The van der Waals surface area contributed by atoms with Crippen molar-refractivity contribution in [1.82, 2.24) is 4.68 Å². The number of amides is 1. The molecule has 0 unspecified atom stereocenters. The number of likely N-dealkylation sites (N-methyl/N-ethyl adjacent to an activating group) is 1. The van der Waals surface area contributed by atoms with E-state index < -0.39 is 0 Å². The minimum absolute atomic E-state index is 0.129. The van der Waals surface area contributed by atoms with Crippen molar-refractivity contribution in [2.45, 2.75) is 13.8 Å². The molecule has 4 rings (SSSR count). The molecule has 8 nitrogen and oxygen atoms in total. The Morgan fingerprint density at radius 1 is 1.00 bits per heavy atom. The van der Waals surface area contributed by atoms with E-state index in [-0.39, 0.29) is 5.91 Å². The van der Waals surface area contributed by atoms with Gasteiger partial charge in [0, 0.05) is 29.6 Å². The predicted octanol–water partition coefficient (Wildman–Crippen LogP) is 3.78. The first-order chi connectivity index (χ1) is 16.1. The third kappa shape index (κ3) is 3.89. The molecule has 172 valence electrons. The molecule has 1 aliphatic rings. The fourth-order valence-electron chi connectivity index (χ4n) is 3.84. The highest BCUT2D eigenvalue weighted by molar-refractivity contribution is 7.07. The summed E-state index contributed by atoms with van der Waals surface area (Å²) in [5, 5.41) is 6.79. The molecule has 2 aromatic carbocycles. The van der Waals surface area contributed by atoms with Gasteiger partial charge in [-0.25, -0.2) is 4.68 Å². The molecule has 0 spiro atoms. The average Bonchev–Trinajstić information content (AvgIpc) is 3.36. The molecule has 0 saturated heterocycles. The largest absolute Gasteiger partial charge is 0.493 e. The maximum absolute atomic E-state index is 13.2. The van der Waals surface area contributed by atoms with Crippen LogP contribution < -0.4 is 23.9 Å². The van der Waals surface area contributed by atoms with Gasteiger partial charge in [0.15, 0.2) is 17.2 Å². The number of ether oxygens (including phenoxy) is 3. The van der Waals surface area contributed by atoms with Crippen molar-refractivity contribution in [3.8, 4) is 28.5 Å². The van der Waals surface area contributed by atoms with Gasteiger partial charge in [-0.2, -0.15) is 5.10 Å². The van der Waals surface area contributed by atoms with Gasteiger partial charge >= 0.3 is 0 Å². The molecule has 2 heterocycles. The fourth-order valence-corrected chi connectivity index (χ4v) is 4.73. The van der Waals surface area contributed by atoms with E-state index in [1.807, 2.05) is 55.6 Å². The molecule has 1 amide bonds. The second-order valence-corrected chi connectivity index (χ2v) is 7.96. The first kappa shape index (κ1) is 22.6. The molecule has 0 N–H and O–H groups in total. The maximum Gasteiger partial charge on any atom is 0.279 e. The summed E-state index contributed by atoms with van der Waals surface area (Å²) in [6.07, 6.45) is 0. The van der Waals surface area contributed by atoms with Crippen LogP contribution in [0.3, 0.4) is 0 Å². The fraction of sp³-hybridized carbons (Fsp3) is 0.292. The summed E-state index contributed by atoms with van der Waals surface area (Å²) in [4.78, 5) is 20.2. The molecule has 0 aliphatic carbocycles. The lowest BCUT2D eigenvalue weighted by Gasteiger charge is -2.14. The zero-order valence-corrected chi connectivity index (χ0v) is 20.1. The maximum atomic E-state index is 13.2. The van der Waals surface area contributed by atoms with E-state index in [2.05, 4.69) is 4.99 Å². The smallest absolute Gasteiger partial charge is 0.279 e. The molecule has 0 atom stereocenters. The number of hydrogen-bond donors (Lipinski definition) is 0. The van der Waals surface area contributed by atoms with Gasteiger partial charge < -0.3 is 19.1 Å². The summed E-state index contributed by atoms with van der Waals surface area (Å²) in [5.74, 6) is 1.45. The van der Waals surface area contributed by atoms with Crippen LogP contribution in [-0.4, -0.2) is 50.7 Å². The van der Waals surface area contributed by atoms with Crippen molar-refractivity contribution in [3.05, 3.63) is 52.1 Å². The standard InChI is InChI=1S/C24H26N4O4S/c1-6-25-24-28(26-21-16-10-8-9-11-17(16)27(7-2)23(21)29)18(14-33-24)15-12-19(30-3)22(32-5)20(13-15)31-4/h8-14H,6-7H2,1-5H3. The SMILES string of the molecule is CCN=c1scc(-c2cc(OC)c(OC)c(OC)c2)n1N=C1C(=O)N(CC)c2ccccc21. The van der Waals surface area contributed by atoms with Gasteiger partial charge in [0.25, 0.3) is 5.91 Å². The first-order valence-electron chi connectivity index (χ1n) is 10.6. The quantitative estimate of drug-likeness (QED) is 0.531. The normalized spacial score (nSPS) is 14.7. The summed E-state index contributed by atoms with van der Waals surface area (Å²) in [6.45, 7) is 5.07. The lowest BCUT2D eigenvalue weighted by molar-refractivity contribution is -0.112. The summed E-state index contributed by atoms with van der Waals surface area (Å²) in [6, 6.07) is 11.4. The van der Waals surface area contributed by atoms with E-state index in [0.29, 0.717) is 40.9 Å². The van der Waals surface area contributed by atoms with Gasteiger partial charge in [-0.15, -0.1) is 11.3 Å². The Kier molecular flexibility index (Phi) is 6.50. The second kappa shape index (κ2) is 9.50. The molecule has 33 heavy (non-hydrogen) atoms. The minimum Gasteiger partial charge on any atom is -0.493 e. The second-order valence-electron chi connectivity index (χ2n) is 7.12. The van der Waals surface area contributed by atoms with Crippen molar-refractivity contribution >= 4 is 28.6 Å². The van der Waals surface area contributed by atoms with Crippen LogP contribution in [0.1, 0.15) is 19.4 Å². The Morgan fingerprint density at radius 2 is 1.70 bits per heavy atom. The highest BCUT2D eigenvalue weighted by Crippen LogP contribution is 2.41. The molecule has 1 aliphatic heterocycles. The molecule has 9 heteroatoms. The van der Waals surface area contributed by atoms with Crippen molar-refractivity contribution in [2.24, 2.45) is 10.1 Å². The first-order valence-corrected chi connectivity index (χ1v) is 11.5. The van der Waals surface area contributed by atoms with E-state index in [1.54, 1.807) is 30.9 Å².